The Labute approximate surface area is 317 Å². The zero-order valence-corrected chi connectivity index (χ0v) is 33.6. The maximum Gasteiger partial charge on any atom is 0.469 e. The van der Waals surface area contributed by atoms with Crippen molar-refractivity contribution in [2.24, 2.45) is 0 Å². The van der Waals surface area contributed by atoms with Crippen LogP contribution in [0.4, 0.5) is 0 Å². The van der Waals surface area contributed by atoms with Crippen molar-refractivity contribution in [1.82, 2.24) is 0 Å². The molecule has 0 amide bonds. The first-order valence-electron chi connectivity index (χ1n) is 20.2. The fourth-order valence-corrected chi connectivity index (χ4v) is 5.58. The van der Waals surface area contributed by atoms with E-state index in [0.29, 0.717) is 12.8 Å². The second-order valence-electron chi connectivity index (χ2n) is 13.2. The maximum absolute atomic E-state index is 12.4. The molecule has 0 unspecified atom stereocenters. The van der Waals surface area contributed by atoms with Gasteiger partial charge in [-0.15, -0.1) is 0 Å². The summed E-state index contributed by atoms with van der Waals surface area (Å²) in [6.45, 7) is 3.52. The minimum atomic E-state index is -4.76. The van der Waals surface area contributed by atoms with Gasteiger partial charge in [0.05, 0.1) is 6.61 Å². The lowest BCUT2D eigenvalue weighted by Gasteiger charge is -2.18. The molecule has 0 aliphatic rings. The molecule has 9 heteroatoms. The van der Waals surface area contributed by atoms with E-state index in [-0.39, 0.29) is 19.4 Å². The number of allylic oxidation sites excluding steroid dienone is 12. The van der Waals surface area contributed by atoms with Crippen LogP contribution in [-0.2, 0) is 28.2 Å². The standard InChI is InChI=1S/C43H73O8P/c1-3-5-7-9-11-13-15-17-19-20-21-22-24-25-27-29-31-33-35-37-42(44)49-39-41(40-50-52(46,47)48)51-43(45)38-36-34-32-30-28-26-23-18-16-14-12-10-8-6-4-2/h5,7,11,13-14,16-17,19,21-22,25,27,41H,3-4,6,8-10,12,15,18,20,23-24,26,28-40H2,1-2H3,(H2,46,47,48)/b7-5+,13-11+,16-14+,19-17+,22-21+,27-25+/t41-/m1/s1. The summed E-state index contributed by atoms with van der Waals surface area (Å²) >= 11 is 0. The molecule has 0 aromatic carbocycles. The molecule has 8 nitrogen and oxygen atoms in total. The molecule has 0 radical (unpaired) electrons. The highest BCUT2D eigenvalue weighted by atomic mass is 31.2. The summed E-state index contributed by atoms with van der Waals surface area (Å²) in [6.07, 6.45) is 49.0. The molecule has 298 valence electrons. The van der Waals surface area contributed by atoms with Crippen molar-refractivity contribution in [2.45, 2.75) is 174 Å². The van der Waals surface area contributed by atoms with Crippen molar-refractivity contribution in [3.8, 4) is 0 Å². The van der Waals surface area contributed by atoms with Gasteiger partial charge < -0.3 is 19.3 Å². The van der Waals surface area contributed by atoms with E-state index in [9.17, 15) is 14.2 Å². The van der Waals surface area contributed by atoms with Crippen molar-refractivity contribution in [2.75, 3.05) is 13.2 Å². The zero-order chi connectivity index (χ0) is 38.2. The number of phosphoric acid groups is 1. The molecule has 0 bridgehead atoms. The van der Waals surface area contributed by atoms with E-state index < -0.39 is 32.5 Å². The van der Waals surface area contributed by atoms with Gasteiger partial charge in [-0.3, -0.25) is 14.1 Å². The van der Waals surface area contributed by atoms with Crippen molar-refractivity contribution in [1.29, 1.82) is 0 Å². The molecule has 1 atom stereocenters. The fourth-order valence-electron chi connectivity index (χ4n) is 5.22. The molecule has 0 saturated heterocycles. The minimum absolute atomic E-state index is 0.196. The molecule has 0 saturated carbocycles. The predicted octanol–water partition coefficient (Wildman–Crippen LogP) is 12.3. The summed E-state index contributed by atoms with van der Waals surface area (Å²) < 4.78 is 26.3. The van der Waals surface area contributed by atoms with Gasteiger partial charge in [-0.25, -0.2) is 4.57 Å². The zero-order valence-electron chi connectivity index (χ0n) is 32.7. The molecular formula is C43H73O8P. The highest BCUT2D eigenvalue weighted by Gasteiger charge is 2.22. The molecule has 0 aromatic heterocycles. The Kier molecular flexibility index (Phi) is 36.4. The Hall–Kier alpha value is -2.51. The van der Waals surface area contributed by atoms with Crippen molar-refractivity contribution >= 4 is 19.8 Å². The second-order valence-corrected chi connectivity index (χ2v) is 14.5. The molecule has 0 spiro atoms. The lowest BCUT2D eigenvalue weighted by Crippen LogP contribution is -2.29. The number of carbonyl (C=O) groups excluding carboxylic acids is 2. The van der Waals surface area contributed by atoms with E-state index in [2.05, 4.69) is 91.3 Å². The fraction of sp³-hybridized carbons (Fsp3) is 0.674. The number of unbranched alkanes of at least 4 members (excludes halogenated alkanes) is 14. The van der Waals surface area contributed by atoms with Crippen LogP contribution in [0, 0.1) is 0 Å². The van der Waals surface area contributed by atoms with Crippen molar-refractivity contribution in [3.05, 3.63) is 72.9 Å². The van der Waals surface area contributed by atoms with Crippen LogP contribution in [0.25, 0.3) is 0 Å². The van der Waals surface area contributed by atoms with Gasteiger partial charge in [0, 0.05) is 12.8 Å². The number of rotatable bonds is 36. The van der Waals surface area contributed by atoms with E-state index >= 15 is 0 Å². The Morgan fingerprint density at radius 1 is 0.519 bits per heavy atom. The summed E-state index contributed by atoms with van der Waals surface area (Å²) in [6, 6.07) is 0. The summed E-state index contributed by atoms with van der Waals surface area (Å²) in [5.74, 6) is -0.933. The topological polar surface area (TPSA) is 119 Å². The summed E-state index contributed by atoms with van der Waals surface area (Å²) in [5, 5.41) is 0. The molecule has 0 aromatic rings. The second kappa shape index (κ2) is 38.2. The molecule has 52 heavy (non-hydrogen) atoms. The van der Waals surface area contributed by atoms with Crippen LogP contribution in [-0.4, -0.2) is 41.0 Å². The largest absolute Gasteiger partial charge is 0.469 e. The van der Waals surface area contributed by atoms with Gasteiger partial charge in [0.2, 0.25) is 0 Å². The van der Waals surface area contributed by atoms with Gasteiger partial charge in [-0.2, -0.15) is 0 Å². The average Bonchev–Trinajstić information content (AvgIpc) is 3.11. The first kappa shape index (κ1) is 49.5. The number of hydrogen-bond acceptors (Lipinski definition) is 6. The van der Waals surface area contributed by atoms with Gasteiger partial charge in [0.1, 0.15) is 6.61 Å². The Morgan fingerprint density at radius 2 is 0.923 bits per heavy atom. The smallest absolute Gasteiger partial charge is 0.462 e. The van der Waals surface area contributed by atoms with Crippen LogP contribution in [0.15, 0.2) is 72.9 Å². The van der Waals surface area contributed by atoms with Crippen LogP contribution < -0.4 is 0 Å². The van der Waals surface area contributed by atoms with Crippen LogP contribution in [0.5, 0.6) is 0 Å². The van der Waals surface area contributed by atoms with Crippen LogP contribution in [0.3, 0.4) is 0 Å². The lowest BCUT2D eigenvalue weighted by molar-refractivity contribution is -0.161. The van der Waals surface area contributed by atoms with Crippen LogP contribution in [0.2, 0.25) is 0 Å². The predicted molar refractivity (Wildman–Crippen MR) is 216 cm³/mol. The molecule has 0 fully saturated rings. The van der Waals surface area contributed by atoms with Gasteiger partial charge in [0.25, 0.3) is 0 Å². The third-order valence-corrected chi connectivity index (χ3v) is 8.69. The van der Waals surface area contributed by atoms with E-state index in [1.54, 1.807) is 0 Å². The van der Waals surface area contributed by atoms with E-state index in [4.69, 9.17) is 19.3 Å². The van der Waals surface area contributed by atoms with E-state index in [0.717, 1.165) is 77.0 Å². The lowest BCUT2D eigenvalue weighted by atomic mass is 10.1. The molecular weight excluding hydrogens is 675 g/mol. The third kappa shape index (κ3) is 40.3. The van der Waals surface area contributed by atoms with Crippen LogP contribution in [0.1, 0.15) is 168 Å². The normalized spacial score (nSPS) is 13.2. The third-order valence-electron chi connectivity index (χ3n) is 8.21. The van der Waals surface area contributed by atoms with Gasteiger partial charge in [0.15, 0.2) is 6.10 Å². The summed E-state index contributed by atoms with van der Waals surface area (Å²) in [4.78, 5) is 42.8. The number of esters is 2. The Bertz CT molecular complexity index is 1070. The number of carbonyl (C=O) groups is 2. The Morgan fingerprint density at radius 3 is 1.42 bits per heavy atom. The highest BCUT2D eigenvalue weighted by Crippen LogP contribution is 2.36. The highest BCUT2D eigenvalue weighted by molar-refractivity contribution is 7.46. The minimum Gasteiger partial charge on any atom is -0.462 e. The molecule has 2 N–H and O–H groups in total. The van der Waals surface area contributed by atoms with Crippen molar-refractivity contribution in [3.63, 3.8) is 0 Å². The first-order chi connectivity index (χ1) is 25.3. The Balaban J connectivity index is 4.03. The van der Waals surface area contributed by atoms with Gasteiger partial charge >= 0.3 is 19.8 Å². The summed E-state index contributed by atoms with van der Waals surface area (Å²) in [5.41, 5.74) is 0. The molecule has 0 aliphatic heterocycles. The molecule has 0 aliphatic carbocycles. The summed E-state index contributed by atoms with van der Waals surface area (Å²) in [7, 11) is -4.76. The maximum atomic E-state index is 12.4. The first-order valence-corrected chi connectivity index (χ1v) is 21.8. The molecule has 0 rings (SSSR count). The van der Waals surface area contributed by atoms with Crippen LogP contribution >= 0.6 is 7.82 Å². The van der Waals surface area contributed by atoms with Gasteiger partial charge in [-0.1, -0.05) is 145 Å². The molecule has 0 heterocycles. The quantitative estimate of drug-likeness (QED) is 0.0281. The number of ether oxygens (including phenoxy) is 2. The SMILES string of the molecule is CC/C=C/C/C=C/C/C=C/C/C=C/C/C=C/CCCCCC(=O)OC[C@H](COP(=O)(O)O)OC(=O)CCCCCCCCC/C=C/CCCCCC. The van der Waals surface area contributed by atoms with Crippen molar-refractivity contribution < 1.29 is 37.9 Å². The van der Waals surface area contributed by atoms with E-state index in [1.807, 2.05) is 0 Å². The van der Waals surface area contributed by atoms with E-state index in [1.165, 1.54) is 51.4 Å². The number of phosphoric ester groups is 1. The average molecular weight is 749 g/mol. The van der Waals surface area contributed by atoms with Gasteiger partial charge in [-0.05, 0) is 83.5 Å². The monoisotopic (exact) mass is 749 g/mol. The number of hydrogen-bond donors (Lipinski definition) is 2.